The Kier molecular flexibility index (Phi) is 6.03. The number of amides is 1. The molecule has 39 heavy (non-hydrogen) atoms. The maximum atomic E-state index is 14.3. The van der Waals surface area contributed by atoms with Crippen LogP contribution >= 0.6 is 0 Å². The van der Waals surface area contributed by atoms with Crippen molar-refractivity contribution in [3.05, 3.63) is 123 Å². The van der Waals surface area contributed by atoms with Gasteiger partial charge in [-0.1, -0.05) is 54.6 Å². The van der Waals surface area contributed by atoms with E-state index in [-0.39, 0.29) is 34.8 Å². The van der Waals surface area contributed by atoms with Gasteiger partial charge >= 0.3 is 5.97 Å². The normalized spacial score (nSPS) is 21.1. The van der Waals surface area contributed by atoms with E-state index >= 15 is 0 Å². The van der Waals surface area contributed by atoms with Gasteiger partial charge in [0.25, 0.3) is 5.69 Å². The second-order valence-electron chi connectivity index (χ2n) is 9.22. The molecule has 0 radical (unpaired) electrons. The molecule has 9 heteroatoms. The Balaban J connectivity index is 1.95. The van der Waals surface area contributed by atoms with E-state index in [4.69, 9.17) is 9.47 Å². The molecule has 1 N–H and O–H groups in total. The monoisotopic (exact) mass is 521 g/mol. The Bertz CT molecular complexity index is 1620. The Morgan fingerprint density at radius 3 is 2.46 bits per heavy atom. The molecule has 9 nitrogen and oxygen atoms in total. The van der Waals surface area contributed by atoms with E-state index in [1.54, 1.807) is 49.4 Å². The van der Waals surface area contributed by atoms with Crippen LogP contribution in [0.25, 0.3) is 5.76 Å². The van der Waals surface area contributed by atoms with Crippen LogP contribution in [0, 0.1) is 28.4 Å². The summed E-state index contributed by atoms with van der Waals surface area (Å²) in [5.74, 6) is -1.35. The number of hydrogen-bond acceptors (Lipinski definition) is 7. The van der Waals surface area contributed by atoms with Gasteiger partial charge in [-0.05, 0) is 32.0 Å². The van der Waals surface area contributed by atoms with E-state index in [0.717, 1.165) is 5.56 Å². The molecule has 2 aliphatic heterocycles. The number of nitro groups is 1. The molecule has 0 aliphatic carbocycles. The first-order valence-electron chi connectivity index (χ1n) is 12.2. The van der Waals surface area contributed by atoms with Crippen molar-refractivity contribution < 1.29 is 24.0 Å². The summed E-state index contributed by atoms with van der Waals surface area (Å²) >= 11 is 0. The predicted octanol–water partition coefficient (Wildman–Crippen LogP) is 5.07. The molecule has 0 saturated carbocycles. The number of rotatable bonds is 6. The smallest absolute Gasteiger partial charge is 0.337 e. The number of nitriles is 1. The van der Waals surface area contributed by atoms with Gasteiger partial charge in [-0.3, -0.25) is 14.9 Å². The van der Waals surface area contributed by atoms with Gasteiger partial charge in [0.1, 0.15) is 11.8 Å². The number of carbonyl (C=O) groups is 2. The number of benzene rings is 3. The molecular formula is C30H23N3O6. The summed E-state index contributed by atoms with van der Waals surface area (Å²) in [4.78, 5) is 38.6. The summed E-state index contributed by atoms with van der Waals surface area (Å²) in [5.41, 5.74) is -2.01. The maximum absolute atomic E-state index is 14.3. The minimum absolute atomic E-state index is 0.0210. The molecule has 0 fully saturated rings. The van der Waals surface area contributed by atoms with Gasteiger partial charge in [0.15, 0.2) is 11.0 Å². The van der Waals surface area contributed by atoms with Crippen LogP contribution in [0.4, 0.5) is 11.4 Å². The number of fused-ring (bicyclic) bond motifs is 2. The fourth-order valence-electron chi connectivity index (χ4n) is 5.49. The van der Waals surface area contributed by atoms with Gasteiger partial charge in [-0.25, -0.2) is 4.79 Å². The minimum atomic E-state index is -2.02. The number of nitrogens with zero attached hydrogens (tertiary/aromatic N) is 2. The zero-order chi connectivity index (χ0) is 27.9. The average Bonchev–Trinajstić information content (AvgIpc) is 3.42. The van der Waals surface area contributed by atoms with Crippen LogP contribution < -0.4 is 5.32 Å². The lowest BCUT2D eigenvalue weighted by molar-refractivity contribution is -0.384. The second-order valence-corrected chi connectivity index (χ2v) is 9.22. The molecule has 0 unspecified atom stereocenters. The number of nitrogens with one attached hydrogen (secondary N) is 1. The quantitative estimate of drug-likeness (QED) is 0.207. The number of nitro benzene ring substituents is 1. The summed E-state index contributed by atoms with van der Waals surface area (Å²) in [5, 5.41) is 25.0. The molecule has 1 spiro atoms. The summed E-state index contributed by atoms with van der Waals surface area (Å²) in [6, 6.07) is 21.6. The number of esters is 1. The summed E-state index contributed by atoms with van der Waals surface area (Å²) in [6.07, 6.45) is 0. The molecule has 3 aromatic rings. The van der Waals surface area contributed by atoms with Crippen molar-refractivity contribution in [2.75, 3.05) is 11.9 Å². The summed E-state index contributed by atoms with van der Waals surface area (Å²) in [7, 11) is 0. The first-order valence-corrected chi connectivity index (χ1v) is 12.2. The van der Waals surface area contributed by atoms with Crippen molar-refractivity contribution in [1.82, 2.24) is 0 Å². The fourth-order valence-corrected chi connectivity index (χ4v) is 5.49. The fraction of sp³-hybridized carbons (Fsp3) is 0.167. The number of aryl methyl sites for hydroxylation is 1. The number of anilines is 1. The highest BCUT2D eigenvalue weighted by Crippen LogP contribution is 2.65. The van der Waals surface area contributed by atoms with Crippen molar-refractivity contribution in [1.29, 1.82) is 5.26 Å². The third-order valence-electron chi connectivity index (χ3n) is 7.13. The molecule has 0 bridgehead atoms. The van der Waals surface area contributed by atoms with Gasteiger partial charge in [-0.2, -0.15) is 5.26 Å². The van der Waals surface area contributed by atoms with Crippen LogP contribution in [0.2, 0.25) is 0 Å². The predicted molar refractivity (Wildman–Crippen MR) is 142 cm³/mol. The van der Waals surface area contributed by atoms with E-state index < -0.39 is 27.8 Å². The molecular weight excluding hydrogens is 498 g/mol. The zero-order valence-electron chi connectivity index (χ0n) is 21.2. The Morgan fingerprint density at radius 2 is 1.85 bits per heavy atom. The Labute approximate surface area is 224 Å². The van der Waals surface area contributed by atoms with Crippen LogP contribution in [0.1, 0.15) is 29.2 Å². The van der Waals surface area contributed by atoms with Crippen molar-refractivity contribution in [2.45, 2.75) is 24.9 Å². The Morgan fingerprint density at radius 1 is 1.15 bits per heavy atom. The molecule has 2 heterocycles. The summed E-state index contributed by atoms with van der Waals surface area (Å²) < 4.78 is 12.0. The van der Waals surface area contributed by atoms with Crippen LogP contribution in [0.15, 0.2) is 90.5 Å². The highest BCUT2D eigenvalue weighted by atomic mass is 16.6. The largest absolute Gasteiger partial charge is 0.474 e. The number of carbonyl (C=O) groups excluding carboxylic acids is 2. The van der Waals surface area contributed by atoms with Gasteiger partial charge in [-0.15, -0.1) is 0 Å². The van der Waals surface area contributed by atoms with Crippen LogP contribution in [-0.2, 0) is 30.1 Å². The van der Waals surface area contributed by atoms with E-state index in [1.807, 2.05) is 13.0 Å². The van der Waals surface area contributed by atoms with Crippen LogP contribution in [0.3, 0.4) is 0 Å². The number of hydrogen-bond donors (Lipinski definition) is 1. The van der Waals surface area contributed by atoms with E-state index in [0.29, 0.717) is 16.8 Å². The number of ether oxygens (including phenoxy) is 2. The SMILES string of the molecule is C=C(C(=O)OCC)[C@@]1(c2ccc([N+](=O)[O-])cc2)OC(c2ccccc2)=C(C#N)[C@]12C(=O)Nc1ccc(C)cc12. The van der Waals surface area contributed by atoms with Crippen molar-refractivity contribution in [3.8, 4) is 6.07 Å². The van der Waals surface area contributed by atoms with E-state index in [2.05, 4.69) is 18.0 Å². The second kappa shape index (κ2) is 9.26. The molecule has 2 atom stereocenters. The standard InChI is InChI=1S/C30H23N3O6/c1-4-38-27(34)19(3)30(21-11-13-22(14-12-21)33(36)37)29(23-16-18(2)10-15-25(23)32-28(29)35)24(17-31)26(39-30)20-8-6-5-7-9-20/h5-16H,3-4H2,1-2H3,(H,32,35)/t29-,30+/m1/s1. The highest BCUT2D eigenvalue weighted by molar-refractivity contribution is 6.14. The lowest BCUT2D eigenvalue weighted by Gasteiger charge is -2.42. The lowest BCUT2D eigenvalue weighted by atomic mass is 9.59. The third-order valence-corrected chi connectivity index (χ3v) is 7.13. The van der Waals surface area contributed by atoms with Gasteiger partial charge < -0.3 is 14.8 Å². The first-order chi connectivity index (χ1) is 18.7. The van der Waals surface area contributed by atoms with Gasteiger partial charge in [0.05, 0.1) is 22.7 Å². The van der Waals surface area contributed by atoms with Crippen molar-refractivity contribution in [3.63, 3.8) is 0 Å². The molecule has 1 amide bonds. The molecule has 5 rings (SSSR count). The molecule has 3 aromatic carbocycles. The lowest BCUT2D eigenvalue weighted by Crippen LogP contribution is -2.55. The van der Waals surface area contributed by atoms with E-state index in [9.17, 15) is 25.0 Å². The molecule has 0 aromatic heterocycles. The molecule has 0 saturated heterocycles. The minimum Gasteiger partial charge on any atom is -0.474 e. The van der Waals surface area contributed by atoms with E-state index in [1.165, 1.54) is 24.3 Å². The maximum Gasteiger partial charge on any atom is 0.337 e. The average molecular weight is 522 g/mol. The molecule has 2 aliphatic rings. The van der Waals surface area contributed by atoms with Crippen LogP contribution in [-0.4, -0.2) is 23.4 Å². The topological polar surface area (TPSA) is 132 Å². The Hall–Kier alpha value is -5.23. The van der Waals surface area contributed by atoms with Gasteiger partial charge in [0, 0.05) is 34.5 Å². The van der Waals surface area contributed by atoms with Crippen molar-refractivity contribution in [2.24, 2.45) is 0 Å². The third kappa shape index (κ3) is 3.45. The van der Waals surface area contributed by atoms with Crippen LogP contribution in [0.5, 0.6) is 0 Å². The summed E-state index contributed by atoms with van der Waals surface area (Å²) in [6.45, 7) is 7.55. The van der Waals surface area contributed by atoms with Crippen molar-refractivity contribution >= 4 is 29.0 Å². The number of non-ortho nitro benzene ring substituents is 1. The molecule has 194 valence electrons. The first kappa shape index (κ1) is 25.4. The highest BCUT2D eigenvalue weighted by Gasteiger charge is 2.73. The van der Waals surface area contributed by atoms with Gasteiger partial charge in [0.2, 0.25) is 5.91 Å². The zero-order valence-corrected chi connectivity index (χ0v) is 21.2.